The number of hydrogen-bond donors (Lipinski definition) is 1. The fourth-order valence-corrected chi connectivity index (χ4v) is 2.95. The van der Waals surface area contributed by atoms with Crippen LogP contribution in [-0.4, -0.2) is 47.1 Å². The van der Waals surface area contributed by atoms with Gasteiger partial charge in [-0.2, -0.15) is 13.2 Å². The zero-order valence-corrected chi connectivity index (χ0v) is 13.9. The minimum atomic E-state index is -4.34. The van der Waals surface area contributed by atoms with Crippen molar-refractivity contribution in [3.63, 3.8) is 0 Å². The van der Waals surface area contributed by atoms with Gasteiger partial charge in [0.2, 0.25) is 0 Å². The second-order valence-corrected chi connectivity index (χ2v) is 6.17. The van der Waals surface area contributed by atoms with E-state index < -0.39 is 17.7 Å². The number of aromatic carboxylic acids is 1. The Hall–Kier alpha value is -2.61. The molecule has 138 valence electrons. The van der Waals surface area contributed by atoms with Crippen molar-refractivity contribution in [3.05, 3.63) is 59.4 Å². The predicted octanol–water partition coefficient (Wildman–Crippen LogP) is 3.12. The Labute approximate surface area is 148 Å². The molecule has 1 saturated heterocycles. The zero-order valence-electron chi connectivity index (χ0n) is 13.9. The maximum atomic E-state index is 12.8. The maximum Gasteiger partial charge on any atom is 0.416 e. The average Bonchev–Trinajstić information content (AvgIpc) is 2.62. The number of pyridine rings is 1. The summed E-state index contributed by atoms with van der Waals surface area (Å²) in [6.07, 6.45) is -2.80. The Balaban J connectivity index is 1.58. The molecule has 1 aliphatic rings. The van der Waals surface area contributed by atoms with E-state index in [4.69, 9.17) is 5.11 Å². The monoisotopic (exact) mass is 365 g/mol. The van der Waals surface area contributed by atoms with Crippen LogP contribution >= 0.6 is 0 Å². The van der Waals surface area contributed by atoms with Crippen molar-refractivity contribution in [3.8, 4) is 0 Å². The summed E-state index contributed by atoms with van der Waals surface area (Å²) in [5, 5.41) is 8.86. The van der Waals surface area contributed by atoms with E-state index in [2.05, 4.69) is 9.88 Å². The van der Waals surface area contributed by atoms with Gasteiger partial charge in [-0.3, -0.25) is 4.90 Å². The number of nitrogens with zero attached hydrogens (tertiary/aromatic N) is 3. The topological polar surface area (TPSA) is 56.7 Å². The number of alkyl halides is 3. The molecule has 0 spiro atoms. The number of benzene rings is 1. The summed E-state index contributed by atoms with van der Waals surface area (Å²) in [4.78, 5) is 18.8. The Bertz CT molecular complexity index is 770. The van der Waals surface area contributed by atoms with Gasteiger partial charge < -0.3 is 10.0 Å². The van der Waals surface area contributed by atoms with Gasteiger partial charge in [-0.05, 0) is 29.8 Å². The lowest BCUT2D eigenvalue weighted by Crippen LogP contribution is -2.46. The molecule has 0 atom stereocenters. The number of hydrogen-bond acceptors (Lipinski definition) is 4. The Morgan fingerprint density at radius 3 is 2.42 bits per heavy atom. The van der Waals surface area contributed by atoms with E-state index in [9.17, 15) is 18.0 Å². The van der Waals surface area contributed by atoms with Gasteiger partial charge in [0.05, 0.1) is 5.56 Å². The lowest BCUT2D eigenvalue weighted by molar-refractivity contribution is -0.137. The summed E-state index contributed by atoms with van der Waals surface area (Å²) in [6.45, 7) is 3.29. The van der Waals surface area contributed by atoms with E-state index in [1.165, 1.54) is 18.2 Å². The molecule has 0 aliphatic carbocycles. The van der Waals surface area contributed by atoms with Crippen molar-refractivity contribution in [1.29, 1.82) is 0 Å². The molecular weight excluding hydrogens is 347 g/mol. The number of rotatable bonds is 4. The molecule has 3 rings (SSSR count). The first-order valence-electron chi connectivity index (χ1n) is 8.16. The van der Waals surface area contributed by atoms with Gasteiger partial charge >= 0.3 is 12.1 Å². The number of halogens is 3. The Kier molecular flexibility index (Phi) is 5.13. The normalized spacial score (nSPS) is 15.9. The number of carbonyl (C=O) groups is 1. The number of carboxylic acids is 1. The maximum absolute atomic E-state index is 12.8. The summed E-state index contributed by atoms with van der Waals surface area (Å²) in [7, 11) is 0. The number of anilines is 1. The van der Waals surface area contributed by atoms with Crippen molar-refractivity contribution >= 4 is 11.7 Å². The fraction of sp³-hybridized carbons (Fsp3) is 0.333. The van der Waals surface area contributed by atoms with Crippen LogP contribution in [-0.2, 0) is 12.7 Å². The van der Waals surface area contributed by atoms with Crippen LogP contribution in [0.4, 0.5) is 18.9 Å². The van der Waals surface area contributed by atoms with E-state index in [0.717, 1.165) is 11.6 Å². The van der Waals surface area contributed by atoms with Gasteiger partial charge in [0.1, 0.15) is 5.69 Å². The van der Waals surface area contributed by atoms with Crippen molar-refractivity contribution in [1.82, 2.24) is 9.88 Å². The molecule has 8 heteroatoms. The number of piperazine rings is 1. The third kappa shape index (κ3) is 4.32. The van der Waals surface area contributed by atoms with E-state index in [-0.39, 0.29) is 5.69 Å². The lowest BCUT2D eigenvalue weighted by atomic mass is 10.1. The average molecular weight is 365 g/mol. The second-order valence-electron chi connectivity index (χ2n) is 6.17. The quantitative estimate of drug-likeness (QED) is 0.902. The standard InChI is InChI=1S/C18H18F3N3O2/c19-18(20,21)14-2-1-3-15(10-14)24-8-6-23(7-9-24)12-13-4-5-16(17(25)26)22-11-13/h1-5,10-11H,6-9,12H2,(H,25,26). The third-order valence-corrected chi connectivity index (χ3v) is 4.36. The lowest BCUT2D eigenvalue weighted by Gasteiger charge is -2.36. The molecule has 1 aliphatic heterocycles. The highest BCUT2D eigenvalue weighted by atomic mass is 19.4. The van der Waals surface area contributed by atoms with Crippen LogP contribution in [0, 0.1) is 0 Å². The third-order valence-electron chi connectivity index (χ3n) is 4.36. The van der Waals surface area contributed by atoms with Gasteiger partial charge in [-0.25, -0.2) is 9.78 Å². The number of carboxylic acid groups (broad SMARTS) is 1. The van der Waals surface area contributed by atoms with E-state index >= 15 is 0 Å². The molecule has 1 aromatic heterocycles. The molecule has 0 unspecified atom stereocenters. The highest BCUT2D eigenvalue weighted by molar-refractivity contribution is 5.85. The molecule has 5 nitrogen and oxygen atoms in total. The highest BCUT2D eigenvalue weighted by Crippen LogP contribution is 2.31. The molecule has 0 saturated carbocycles. The predicted molar refractivity (Wildman–Crippen MR) is 90.1 cm³/mol. The van der Waals surface area contributed by atoms with Crippen LogP contribution in [0.1, 0.15) is 21.6 Å². The molecule has 0 bridgehead atoms. The molecule has 0 radical (unpaired) electrons. The van der Waals surface area contributed by atoms with Crippen molar-refractivity contribution < 1.29 is 23.1 Å². The molecule has 26 heavy (non-hydrogen) atoms. The van der Waals surface area contributed by atoms with Crippen molar-refractivity contribution in [2.45, 2.75) is 12.7 Å². The van der Waals surface area contributed by atoms with Crippen LogP contribution in [0.2, 0.25) is 0 Å². The van der Waals surface area contributed by atoms with Crippen LogP contribution in [0.5, 0.6) is 0 Å². The van der Waals surface area contributed by atoms with Crippen LogP contribution in [0.15, 0.2) is 42.6 Å². The van der Waals surface area contributed by atoms with E-state index in [1.807, 2.05) is 4.90 Å². The minimum absolute atomic E-state index is 0.00288. The molecule has 1 N–H and O–H groups in total. The first-order valence-corrected chi connectivity index (χ1v) is 8.16. The molecule has 1 aromatic carbocycles. The van der Waals surface area contributed by atoms with Crippen LogP contribution in [0.3, 0.4) is 0 Å². The van der Waals surface area contributed by atoms with E-state index in [0.29, 0.717) is 38.4 Å². The first kappa shape index (κ1) is 18.2. The summed E-state index contributed by atoms with van der Waals surface area (Å²) in [5.74, 6) is -1.06. The summed E-state index contributed by atoms with van der Waals surface area (Å²) in [6, 6.07) is 8.59. The first-order chi connectivity index (χ1) is 12.3. The van der Waals surface area contributed by atoms with E-state index in [1.54, 1.807) is 18.3 Å². The van der Waals surface area contributed by atoms with Crippen LogP contribution in [0.25, 0.3) is 0 Å². The summed E-state index contributed by atoms with van der Waals surface area (Å²) < 4.78 is 38.5. The Morgan fingerprint density at radius 1 is 1.12 bits per heavy atom. The molecule has 0 amide bonds. The smallest absolute Gasteiger partial charge is 0.416 e. The van der Waals surface area contributed by atoms with Gasteiger partial charge in [-0.1, -0.05) is 12.1 Å². The van der Waals surface area contributed by atoms with Gasteiger partial charge in [0.15, 0.2) is 0 Å². The summed E-state index contributed by atoms with van der Waals surface area (Å²) in [5.41, 5.74) is 0.847. The Morgan fingerprint density at radius 2 is 1.85 bits per heavy atom. The summed E-state index contributed by atoms with van der Waals surface area (Å²) >= 11 is 0. The van der Waals surface area contributed by atoms with Gasteiger partial charge in [0, 0.05) is 44.6 Å². The van der Waals surface area contributed by atoms with Crippen molar-refractivity contribution in [2.24, 2.45) is 0 Å². The van der Waals surface area contributed by atoms with Crippen molar-refractivity contribution in [2.75, 3.05) is 31.1 Å². The molecule has 2 aromatic rings. The molecule has 1 fully saturated rings. The van der Waals surface area contributed by atoms with Gasteiger partial charge in [-0.15, -0.1) is 0 Å². The fourth-order valence-electron chi connectivity index (χ4n) is 2.95. The largest absolute Gasteiger partial charge is 0.477 e. The van der Waals surface area contributed by atoms with Gasteiger partial charge in [0.25, 0.3) is 0 Å². The zero-order chi connectivity index (χ0) is 18.7. The molecular formula is C18H18F3N3O2. The minimum Gasteiger partial charge on any atom is -0.477 e. The SMILES string of the molecule is O=C(O)c1ccc(CN2CCN(c3cccc(C(F)(F)F)c3)CC2)cn1. The second kappa shape index (κ2) is 7.33. The molecule has 2 heterocycles. The number of aromatic nitrogens is 1. The highest BCUT2D eigenvalue weighted by Gasteiger charge is 2.31. The van der Waals surface area contributed by atoms with Crippen LogP contribution < -0.4 is 4.90 Å².